The van der Waals surface area contributed by atoms with Crippen LogP contribution in [0.15, 0.2) is 48.5 Å². The van der Waals surface area contributed by atoms with Gasteiger partial charge >= 0.3 is 0 Å². The van der Waals surface area contributed by atoms with Crippen molar-refractivity contribution in [2.75, 3.05) is 5.73 Å². The highest BCUT2D eigenvalue weighted by molar-refractivity contribution is 5.99. The van der Waals surface area contributed by atoms with Gasteiger partial charge in [-0.3, -0.25) is 4.79 Å². The van der Waals surface area contributed by atoms with Crippen molar-refractivity contribution in [2.24, 2.45) is 0 Å². The van der Waals surface area contributed by atoms with E-state index in [-0.39, 0.29) is 17.8 Å². The van der Waals surface area contributed by atoms with E-state index >= 15 is 0 Å². The van der Waals surface area contributed by atoms with Crippen LogP contribution < -0.4 is 11.1 Å². The third kappa shape index (κ3) is 3.10. The Morgan fingerprint density at radius 3 is 2.42 bits per heavy atom. The van der Waals surface area contributed by atoms with Crippen LogP contribution in [0.4, 0.5) is 10.1 Å². The molecule has 0 radical (unpaired) electrons. The Labute approximate surface area is 111 Å². The molecule has 0 aromatic heterocycles. The van der Waals surface area contributed by atoms with Gasteiger partial charge in [0.15, 0.2) is 0 Å². The number of anilines is 1. The minimum Gasteiger partial charge on any atom is -0.398 e. The van der Waals surface area contributed by atoms with Gasteiger partial charge in [-0.25, -0.2) is 4.39 Å². The van der Waals surface area contributed by atoms with Crippen molar-refractivity contribution in [2.45, 2.75) is 13.0 Å². The molecule has 3 nitrogen and oxygen atoms in total. The van der Waals surface area contributed by atoms with Crippen LogP contribution in [0.5, 0.6) is 0 Å². The second-order valence-corrected chi connectivity index (χ2v) is 4.33. The number of para-hydroxylation sites is 1. The summed E-state index contributed by atoms with van der Waals surface area (Å²) in [5.74, 6) is -0.537. The quantitative estimate of drug-likeness (QED) is 0.832. The predicted octanol–water partition coefficient (Wildman–Crippen LogP) is 2.90. The summed E-state index contributed by atoms with van der Waals surface area (Å²) >= 11 is 0. The number of nitrogen functional groups attached to an aromatic ring is 1. The second kappa shape index (κ2) is 5.52. The van der Waals surface area contributed by atoms with E-state index in [1.807, 2.05) is 6.92 Å². The van der Waals surface area contributed by atoms with Crippen molar-refractivity contribution < 1.29 is 9.18 Å². The number of amides is 1. The Hall–Kier alpha value is -2.36. The highest BCUT2D eigenvalue weighted by atomic mass is 19.1. The number of carbonyl (C=O) groups excluding carboxylic acids is 1. The zero-order valence-corrected chi connectivity index (χ0v) is 10.6. The average Bonchev–Trinajstić information content (AvgIpc) is 2.39. The SMILES string of the molecule is C[C@H](NC(=O)c1ccccc1N)c1ccc(F)cc1. The third-order valence-corrected chi connectivity index (χ3v) is 2.92. The van der Waals surface area contributed by atoms with Gasteiger partial charge in [-0.05, 0) is 36.8 Å². The van der Waals surface area contributed by atoms with Crippen LogP contribution in [0.3, 0.4) is 0 Å². The van der Waals surface area contributed by atoms with Gasteiger partial charge in [-0.1, -0.05) is 24.3 Å². The molecule has 2 rings (SSSR count). The maximum atomic E-state index is 12.8. The first-order chi connectivity index (χ1) is 9.08. The van der Waals surface area contributed by atoms with E-state index in [2.05, 4.69) is 5.32 Å². The summed E-state index contributed by atoms with van der Waals surface area (Å²) in [6, 6.07) is 12.7. The number of hydrogen-bond donors (Lipinski definition) is 2. The molecule has 0 unspecified atom stereocenters. The molecule has 0 bridgehead atoms. The largest absolute Gasteiger partial charge is 0.398 e. The average molecular weight is 258 g/mol. The fourth-order valence-electron chi connectivity index (χ4n) is 1.81. The van der Waals surface area contributed by atoms with Crippen LogP contribution in [0, 0.1) is 5.82 Å². The van der Waals surface area contributed by atoms with Gasteiger partial charge in [0.2, 0.25) is 0 Å². The lowest BCUT2D eigenvalue weighted by molar-refractivity contribution is 0.0941. The topological polar surface area (TPSA) is 55.1 Å². The number of nitrogens with two attached hydrogens (primary N) is 1. The van der Waals surface area contributed by atoms with Crippen molar-refractivity contribution >= 4 is 11.6 Å². The molecule has 3 N–H and O–H groups in total. The van der Waals surface area contributed by atoms with Gasteiger partial charge in [-0.2, -0.15) is 0 Å². The highest BCUT2D eigenvalue weighted by Gasteiger charge is 2.13. The summed E-state index contributed by atoms with van der Waals surface area (Å²) < 4.78 is 12.8. The normalized spacial score (nSPS) is 11.9. The molecule has 0 saturated carbocycles. The Bertz CT molecular complexity index is 581. The first-order valence-corrected chi connectivity index (χ1v) is 5.99. The summed E-state index contributed by atoms with van der Waals surface area (Å²) in [5, 5.41) is 2.83. The molecule has 1 amide bonds. The minimum absolute atomic E-state index is 0.215. The summed E-state index contributed by atoms with van der Waals surface area (Å²) in [6.07, 6.45) is 0. The number of nitrogens with one attached hydrogen (secondary N) is 1. The highest BCUT2D eigenvalue weighted by Crippen LogP contribution is 2.16. The lowest BCUT2D eigenvalue weighted by atomic mass is 10.1. The fourth-order valence-corrected chi connectivity index (χ4v) is 1.81. The molecule has 19 heavy (non-hydrogen) atoms. The first kappa shape index (κ1) is 13.1. The zero-order valence-electron chi connectivity index (χ0n) is 10.6. The molecule has 0 saturated heterocycles. The van der Waals surface area contributed by atoms with Gasteiger partial charge in [0.1, 0.15) is 5.82 Å². The van der Waals surface area contributed by atoms with E-state index in [0.29, 0.717) is 11.3 Å². The predicted molar refractivity (Wildman–Crippen MR) is 73.1 cm³/mol. The number of rotatable bonds is 3. The molecule has 4 heteroatoms. The van der Waals surface area contributed by atoms with Crippen LogP contribution >= 0.6 is 0 Å². The summed E-state index contributed by atoms with van der Waals surface area (Å²) in [5.41, 5.74) is 7.46. The van der Waals surface area contributed by atoms with Crippen LogP contribution in [-0.2, 0) is 0 Å². The van der Waals surface area contributed by atoms with Gasteiger partial charge in [0, 0.05) is 5.69 Å². The maximum Gasteiger partial charge on any atom is 0.253 e. The van der Waals surface area contributed by atoms with E-state index in [9.17, 15) is 9.18 Å². The number of hydrogen-bond acceptors (Lipinski definition) is 2. The third-order valence-electron chi connectivity index (χ3n) is 2.92. The second-order valence-electron chi connectivity index (χ2n) is 4.33. The lowest BCUT2D eigenvalue weighted by Crippen LogP contribution is -2.27. The van der Waals surface area contributed by atoms with Crippen LogP contribution in [0.25, 0.3) is 0 Å². The summed E-state index contributed by atoms with van der Waals surface area (Å²) in [4.78, 5) is 12.1. The van der Waals surface area contributed by atoms with Gasteiger partial charge in [0.25, 0.3) is 5.91 Å². The molecule has 0 aliphatic rings. The summed E-state index contributed by atoms with van der Waals surface area (Å²) in [6.45, 7) is 1.84. The van der Waals surface area contributed by atoms with E-state index in [1.165, 1.54) is 12.1 Å². The van der Waals surface area contributed by atoms with Crippen molar-refractivity contribution in [3.05, 3.63) is 65.5 Å². The van der Waals surface area contributed by atoms with Crippen LogP contribution in [-0.4, -0.2) is 5.91 Å². The van der Waals surface area contributed by atoms with Gasteiger partial charge in [0.05, 0.1) is 11.6 Å². The number of benzene rings is 2. The molecule has 2 aromatic carbocycles. The van der Waals surface area contributed by atoms with Crippen LogP contribution in [0.1, 0.15) is 28.9 Å². The molecule has 98 valence electrons. The minimum atomic E-state index is -0.297. The molecule has 0 fully saturated rings. The number of carbonyl (C=O) groups is 1. The Morgan fingerprint density at radius 1 is 1.16 bits per heavy atom. The van der Waals surface area contributed by atoms with E-state index in [1.54, 1.807) is 36.4 Å². The maximum absolute atomic E-state index is 12.8. The van der Waals surface area contributed by atoms with E-state index < -0.39 is 0 Å². The lowest BCUT2D eigenvalue weighted by Gasteiger charge is -2.15. The van der Waals surface area contributed by atoms with Gasteiger partial charge < -0.3 is 11.1 Å². The molecule has 0 aliphatic carbocycles. The molecule has 1 atom stereocenters. The molecule has 0 aliphatic heterocycles. The Kier molecular flexibility index (Phi) is 3.80. The smallest absolute Gasteiger partial charge is 0.253 e. The van der Waals surface area contributed by atoms with E-state index in [0.717, 1.165) is 5.56 Å². The van der Waals surface area contributed by atoms with Crippen molar-refractivity contribution in [1.82, 2.24) is 5.32 Å². The first-order valence-electron chi connectivity index (χ1n) is 5.99. The van der Waals surface area contributed by atoms with E-state index in [4.69, 9.17) is 5.73 Å². The van der Waals surface area contributed by atoms with Crippen molar-refractivity contribution in [3.63, 3.8) is 0 Å². The monoisotopic (exact) mass is 258 g/mol. The molecule has 2 aromatic rings. The fraction of sp³-hybridized carbons (Fsp3) is 0.133. The Morgan fingerprint density at radius 2 is 1.79 bits per heavy atom. The van der Waals surface area contributed by atoms with Gasteiger partial charge in [-0.15, -0.1) is 0 Å². The summed E-state index contributed by atoms with van der Waals surface area (Å²) in [7, 11) is 0. The molecular weight excluding hydrogens is 243 g/mol. The van der Waals surface area contributed by atoms with Crippen LogP contribution in [0.2, 0.25) is 0 Å². The number of halogens is 1. The van der Waals surface area contributed by atoms with Crippen molar-refractivity contribution in [1.29, 1.82) is 0 Å². The molecule has 0 heterocycles. The zero-order chi connectivity index (χ0) is 13.8. The Balaban J connectivity index is 2.11. The molecule has 0 spiro atoms. The standard InChI is InChI=1S/C15H15FN2O/c1-10(11-6-8-12(16)9-7-11)18-15(19)13-4-2-3-5-14(13)17/h2-10H,17H2,1H3,(H,18,19)/t10-/m0/s1. The molecular formula is C15H15FN2O. The van der Waals surface area contributed by atoms with Crippen molar-refractivity contribution in [3.8, 4) is 0 Å².